The number of carbonyl (C=O) groups is 1. The van der Waals surface area contributed by atoms with E-state index in [1.165, 1.54) is 6.26 Å². The first-order valence-corrected chi connectivity index (χ1v) is 5.51. The van der Waals surface area contributed by atoms with Crippen molar-refractivity contribution in [1.29, 1.82) is 0 Å². The molecule has 2 aromatic rings. The standard InChI is InChI=1S/C14H14O3/c1-9(2)10-5-3-4-6-11(10)12-7-8-17-13(12)14(15)16/h3-9H,1-2H3,(H,15,16). The lowest BCUT2D eigenvalue weighted by Crippen LogP contribution is -1.98. The van der Waals surface area contributed by atoms with Crippen LogP contribution in [-0.4, -0.2) is 11.1 Å². The molecule has 3 heteroatoms. The first-order valence-electron chi connectivity index (χ1n) is 5.51. The molecule has 0 fully saturated rings. The van der Waals surface area contributed by atoms with Crippen LogP contribution in [0.1, 0.15) is 35.9 Å². The summed E-state index contributed by atoms with van der Waals surface area (Å²) >= 11 is 0. The summed E-state index contributed by atoms with van der Waals surface area (Å²) < 4.78 is 5.02. The molecular weight excluding hydrogens is 216 g/mol. The Labute approximate surface area is 99.7 Å². The van der Waals surface area contributed by atoms with Crippen LogP contribution >= 0.6 is 0 Å². The summed E-state index contributed by atoms with van der Waals surface area (Å²) in [6, 6.07) is 9.50. The fourth-order valence-electron chi connectivity index (χ4n) is 1.93. The molecule has 0 amide bonds. The highest BCUT2D eigenvalue weighted by Crippen LogP contribution is 2.31. The molecule has 0 radical (unpaired) electrons. The van der Waals surface area contributed by atoms with E-state index in [0.717, 1.165) is 11.1 Å². The van der Waals surface area contributed by atoms with E-state index in [4.69, 9.17) is 9.52 Å². The molecule has 0 spiro atoms. The van der Waals surface area contributed by atoms with Gasteiger partial charge in [0.15, 0.2) is 0 Å². The molecule has 17 heavy (non-hydrogen) atoms. The second-order valence-corrected chi connectivity index (χ2v) is 4.21. The quantitative estimate of drug-likeness (QED) is 0.873. The number of carboxylic acid groups (broad SMARTS) is 1. The van der Waals surface area contributed by atoms with Crippen molar-refractivity contribution in [2.75, 3.05) is 0 Å². The van der Waals surface area contributed by atoms with Gasteiger partial charge in [0.2, 0.25) is 5.76 Å². The van der Waals surface area contributed by atoms with Gasteiger partial charge < -0.3 is 9.52 Å². The van der Waals surface area contributed by atoms with Gasteiger partial charge in [-0.25, -0.2) is 4.79 Å². The Morgan fingerprint density at radius 1 is 1.18 bits per heavy atom. The summed E-state index contributed by atoms with van der Waals surface area (Å²) in [6.45, 7) is 4.17. The van der Waals surface area contributed by atoms with Gasteiger partial charge in [0, 0.05) is 5.56 Å². The van der Waals surface area contributed by atoms with Crippen LogP contribution in [0, 0.1) is 0 Å². The molecule has 0 aliphatic carbocycles. The largest absolute Gasteiger partial charge is 0.475 e. The molecule has 0 bridgehead atoms. The average molecular weight is 230 g/mol. The van der Waals surface area contributed by atoms with Crippen LogP contribution in [0.3, 0.4) is 0 Å². The van der Waals surface area contributed by atoms with Crippen LogP contribution in [0.5, 0.6) is 0 Å². The number of aromatic carboxylic acids is 1. The number of carboxylic acids is 1. The highest BCUT2D eigenvalue weighted by atomic mass is 16.4. The molecule has 0 atom stereocenters. The zero-order chi connectivity index (χ0) is 12.4. The first kappa shape index (κ1) is 11.5. The highest BCUT2D eigenvalue weighted by molar-refractivity contribution is 5.93. The summed E-state index contributed by atoms with van der Waals surface area (Å²) in [7, 11) is 0. The van der Waals surface area contributed by atoms with E-state index in [2.05, 4.69) is 13.8 Å². The van der Waals surface area contributed by atoms with Crippen molar-refractivity contribution < 1.29 is 14.3 Å². The maximum absolute atomic E-state index is 11.0. The third-order valence-electron chi connectivity index (χ3n) is 2.73. The van der Waals surface area contributed by atoms with E-state index in [-0.39, 0.29) is 5.76 Å². The minimum absolute atomic E-state index is 0.00176. The number of hydrogen-bond acceptors (Lipinski definition) is 2. The zero-order valence-electron chi connectivity index (χ0n) is 9.81. The highest BCUT2D eigenvalue weighted by Gasteiger charge is 2.18. The van der Waals surface area contributed by atoms with E-state index >= 15 is 0 Å². The lowest BCUT2D eigenvalue weighted by atomic mass is 9.93. The van der Waals surface area contributed by atoms with Crippen LogP contribution < -0.4 is 0 Å². The normalized spacial score (nSPS) is 10.8. The molecule has 0 aliphatic rings. The van der Waals surface area contributed by atoms with Gasteiger partial charge >= 0.3 is 5.97 Å². The number of rotatable bonds is 3. The third-order valence-corrected chi connectivity index (χ3v) is 2.73. The lowest BCUT2D eigenvalue weighted by molar-refractivity contribution is 0.0663. The van der Waals surface area contributed by atoms with Crippen molar-refractivity contribution in [3.63, 3.8) is 0 Å². The van der Waals surface area contributed by atoms with E-state index in [1.54, 1.807) is 6.07 Å². The molecule has 0 unspecified atom stereocenters. The lowest BCUT2D eigenvalue weighted by Gasteiger charge is -2.11. The van der Waals surface area contributed by atoms with Crippen LogP contribution in [-0.2, 0) is 0 Å². The molecular formula is C14H14O3. The van der Waals surface area contributed by atoms with Crippen molar-refractivity contribution in [3.05, 3.63) is 47.9 Å². The minimum atomic E-state index is -1.04. The molecule has 1 N–H and O–H groups in total. The van der Waals surface area contributed by atoms with E-state index in [1.807, 2.05) is 24.3 Å². The maximum atomic E-state index is 11.0. The van der Waals surface area contributed by atoms with E-state index in [0.29, 0.717) is 11.5 Å². The molecule has 2 rings (SSSR count). The van der Waals surface area contributed by atoms with Crippen molar-refractivity contribution in [2.24, 2.45) is 0 Å². The van der Waals surface area contributed by atoms with Crippen molar-refractivity contribution in [2.45, 2.75) is 19.8 Å². The van der Waals surface area contributed by atoms with Crippen molar-refractivity contribution in [3.8, 4) is 11.1 Å². The number of furan rings is 1. The maximum Gasteiger partial charge on any atom is 0.372 e. The number of hydrogen-bond donors (Lipinski definition) is 1. The van der Waals surface area contributed by atoms with E-state index < -0.39 is 5.97 Å². The molecule has 1 aromatic heterocycles. The SMILES string of the molecule is CC(C)c1ccccc1-c1ccoc1C(=O)O. The summed E-state index contributed by atoms with van der Waals surface area (Å²) in [5, 5.41) is 9.05. The molecule has 0 saturated heterocycles. The molecule has 1 heterocycles. The predicted octanol–water partition coefficient (Wildman–Crippen LogP) is 3.77. The summed E-state index contributed by atoms with van der Waals surface area (Å²) in [5.74, 6) is -0.704. The van der Waals surface area contributed by atoms with Crippen LogP contribution in [0.4, 0.5) is 0 Å². The molecule has 88 valence electrons. The van der Waals surface area contributed by atoms with Crippen LogP contribution in [0.15, 0.2) is 41.0 Å². The Hall–Kier alpha value is -2.03. The van der Waals surface area contributed by atoms with Gasteiger partial charge in [-0.1, -0.05) is 38.1 Å². The Balaban J connectivity index is 2.60. The van der Waals surface area contributed by atoms with Gasteiger partial charge in [-0.2, -0.15) is 0 Å². The topological polar surface area (TPSA) is 50.4 Å². The van der Waals surface area contributed by atoms with Gasteiger partial charge in [-0.15, -0.1) is 0 Å². The minimum Gasteiger partial charge on any atom is -0.475 e. The number of benzene rings is 1. The Kier molecular flexibility index (Phi) is 3.00. The third kappa shape index (κ3) is 2.09. The van der Waals surface area contributed by atoms with Crippen molar-refractivity contribution in [1.82, 2.24) is 0 Å². The van der Waals surface area contributed by atoms with Crippen LogP contribution in [0.2, 0.25) is 0 Å². The van der Waals surface area contributed by atoms with Gasteiger partial charge in [0.05, 0.1) is 6.26 Å². The monoisotopic (exact) mass is 230 g/mol. The van der Waals surface area contributed by atoms with Crippen LogP contribution in [0.25, 0.3) is 11.1 Å². The second-order valence-electron chi connectivity index (χ2n) is 4.21. The molecule has 1 aromatic carbocycles. The first-order chi connectivity index (χ1) is 8.11. The van der Waals surface area contributed by atoms with Gasteiger partial charge in [0.25, 0.3) is 0 Å². The van der Waals surface area contributed by atoms with Gasteiger partial charge in [0.1, 0.15) is 0 Å². The fraction of sp³-hybridized carbons (Fsp3) is 0.214. The zero-order valence-corrected chi connectivity index (χ0v) is 9.81. The van der Waals surface area contributed by atoms with Gasteiger partial charge in [-0.3, -0.25) is 0 Å². The molecule has 0 aliphatic heterocycles. The predicted molar refractivity (Wildman–Crippen MR) is 65.2 cm³/mol. The Morgan fingerprint density at radius 3 is 2.53 bits per heavy atom. The average Bonchev–Trinajstić information content (AvgIpc) is 2.77. The Morgan fingerprint density at radius 2 is 1.88 bits per heavy atom. The second kappa shape index (κ2) is 4.45. The van der Waals surface area contributed by atoms with Crippen molar-refractivity contribution >= 4 is 5.97 Å². The molecule has 0 saturated carbocycles. The van der Waals surface area contributed by atoms with E-state index in [9.17, 15) is 4.79 Å². The summed E-state index contributed by atoms with van der Waals surface area (Å²) in [4.78, 5) is 11.0. The summed E-state index contributed by atoms with van der Waals surface area (Å²) in [6.07, 6.45) is 1.41. The summed E-state index contributed by atoms with van der Waals surface area (Å²) in [5.41, 5.74) is 2.69. The molecule has 3 nitrogen and oxygen atoms in total. The fourth-order valence-corrected chi connectivity index (χ4v) is 1.93. The van der Waals surface area contributed by atoms with Gasteiger partial charge in [-0.05, 0) is 23.1 Å². The smallest absolute Gasteiger partial charge is 0.372 e. The Bertz CT molecular complexity index is 538.